The number of hydrogen-bond donors (Lipinski definition) is 2. The fraction of sp³-hybridized carbons (Fsp3) is 0.115. The van der Waals surface area contributed by atoms with E-state index in [4.69, 9.17) is 15.8 Å². The Bertz CT molecular complexity index is 1450. The van der Waals surface area contributed by atoms with Crippen LogP contribution in [0, 0.1) is 0 Å². The lowest BCUT2D eigenvalue weighted by atomic mass is 10.0. The van der Waals surface area contributed by atoms with Crippen molar-refractivity contribution < 1.29 is 0 Å². The molecule has 3 N–H and O–H groups in total. The van der Waals surface area contributed by atoms with Gasteiger partial charge in [0.2, 0.25) is 5.95 Å². The summed E-state index contributed by atoms with van der Waals surface area (Å²) in [6.45, 7) is 0. The van der Waals surface area contributed by atoms with Crippen LogP contribution in [0.4, 0.5) is 17.3 Å². The minimum absolute atomic E-state index is 0.564. The number of nitrogens with zero attached hydrogens (tertiary/aromatic N) is 4. The van der Waals surface area contributed by atoms with Gasteiger partial charge in [0.25, 0.3) is 0 Å². The molecular formula is C26H22N6. The molecule has 3 heterocycles. The molecule has 6 rings (SSSR count). The van der Waals surface area contributed by atoms with Gasteiger partial charge in [0.05, 0.1) is 16.8 Å². The summed E-state index contributed by atoms with van der Waals surface area (Å²) in [7, 11) is 0. The van der Waals surface area contributed by atoms with E-state index < -0.39 is 0 Å². The molecule has 0 aliphatic heterocycles. The smallest absolute Gasteiger partial charge is 0.227 e. The van der Waals surface area contributed by atoms with E-state index in [0.29, 0.717) is 11.6 Å². The van der Waals surface area contributed by atoms with Gasteiger partial charge >= 0.3 is 0 Å². The fourth-order valence-corrected chi connectivity index (χ4v) is 4.48. The van der Waals surface area contributed by atoms with Crippen molar-refractivity contribution in [2.45, 2.75) is 19.3 Å². The number of rotatable bonds is 4. The van der Waals surface area contributed by atoms with E-state index >= 15 is 0 Å². The van der Waals surface area contributed by atoms with Gasteiger partial charge in [-0.05, 0) is 72.9 Å². The lowest BCUT2D eigenvalue weighted by Crippen LogP contribution is -1.99. The molecule has 0 amide bonds. The number of hydrogen-bond acceptors (Lipinski definition) is 5. The van der Waals surface area contributed by atoms with Crippen LogP contribution in [-0.2, 0) is 12.8 Å². The second-order valence-electron chi connectivity index (χ2n) is 8.11. The van der Waals surface area contributed by atoms with Gasteiger partial charge in [0, 0.05) is 29.3 Å². The van der Waals surface area contributed by atoms with Crippen molar-refractivity contribution in [3.8, 4) is 22.5 Å². The van der Waals surface area contributed by atoms with Crippen LogP contribution in [0.25, 0.3) is 28.0 Å². The predicted octanol–water partition coefficient (Wildman–Crippen LogP) is 5.27. The van der Waals surface area contributed by atoms with E-state index in [9.17, 15) is 0 Å². The van der Waals surface area contributed by atoms with Crippen molar-refractivity contribution in [3.05, 3.63) is 90.3 Å². The van der Waals surface area contributed by atoms with Crippen molar-refractivity contribution in [3.63, 3.8) is 0 Å². The third-order valence-electron chi connectivity index (χ3n) is 5.97. The van der Waals surface area contributed by atoms with E-state index in [-0.39, 0.29) is 0 Å². The number of aromatic nitrogens is 4. The number of nitrogens with two attached hydrogens (primary N) is 1. The Morgan fingerprint density at radius 3 is 2.78 bits per heavy atom. The Morgan fingerprint density at radius 2 is 1.84 bits per heavy atom. The van der Waals surface area contributed by atoms with Crippen molar-refractivity contribution >= 4 is 22.8 Å². The quantitative estimate of drug-likeness (QED) is 0.389. The molecule has 6 heteroatoms. The Labute approximate surface area is 185 Å². The first-order chi connectivity index (χ1) is 15.7. The predicted molar refractivity (Wildman–Crippen MR) is 128 cm³/mol. The molecule has 5 aromatic rings. The Balaban J connectivity index is 1.45. The first-order valence-electron chi connectivity index (χ1n) is 10.8. The molecule has 0 radical (unpaired) electrons. The number of nitrogens with one attached hydrogen (secondary N) is 1. The van der Waals surface area contributed by atoms with Gasteiger partial charge in [-0.1, -0.05) is 24.3 Å². The lowest BCUT2D eigenvalue weighted by molar-refractivity contribution is 0.912. The average molecular weight is 419 g/mol. The zero-order chi connectivity index (χ0) is 21.5. The summed E-state index contributed by atoms with van der Waals surface area (Å²) in [5, 5.41) is 8.22. The molecule has 6 nitrogen and oxygen atoms in total. The Hall–Kier alpha value is -4.19. The minimum Gasteiger partial charge on any atom is -0.399 e. The summed E-state index contributed by atoms with van der Waals surface area (Å²) in [4.78, 5) is 9.32. The first-order valence-corrected chi connectivity index (χ1v) is 10.8. The van der Waals surface area contributed by atoms with Crippen LogP contribution in [0.2, 0.25) is 0 Å². The highest BCUT2D eigenvalue weighted by Gasteiger charge is 2.18. The molecule has 2 aromatic carbocycles. The SMILES string of the molecule is Nc1cccc(-c2nn3ccccc3c2-c2ccnc(Nc3ccc4c(c3)CCC4)n2)c1. The minimum atomic E-state index is 0.564. The van der Waals surface area contributed by atoms with E-state index in [1.807, 2.05) is 59.2 Å². The van der Waals surface area contributed by atoms with Crippen molar-refractivity contribution in [2.24, 2.45) is 0 Å². The third-order valence-corrected chi connectivity index (χ3v) is 5.97. The summed E-state index contributed by atoms with van der Waals surface area (Å²) in [6, 6.07) is 22.3. The van der Waals surface area contributed by atoms with Crippen LogP contribution >= 0.6 is 0 Å². The van der Waals surface area contributed by atoms with Crippen LogP contribution < -0.4 is 11.1 Å². The molecule has 32 heavy (non-hydrogen) atoms. The number of fused-ring (bicyclic) bond motifs is 2. The van der Waals surface area contributed by atoms with Gasteiger partial charge < -0.3 is 11.1 Å². The second kappa shape index (κ2) is 7.50. The van der Waals surface area contributed by atoms with Crippen LogP contribution in [-0.4, -0.2) is 19.6 Å². The topological polar surface area (TPSA) is 81.1 Å². The zero-order valence-corrected chi connectivity index (χ0v) is 17.5. The molecule has 0 bridgehead atoms. The van der Waals surface area contributed by atoms with E-state index in [1.54, 1.807) is 6.20 Å². The molecule has 3 aromatic heterocycles. The molecular weight excluding hydrogens is 396 g/mol. The highest BCUT2D eigenvalue weighted by atomic mass is 15.2. The van der Waals surface area contributed by atoms with Crippen molar-refractivity contribution in [1.29, 1.82) is 0 Å². The van der Waals surface area contributed by atoms with E-state index in [0.717, 1.165) is 40.1 Å². The van der Waals surface area contributed by atoms with Crippen LogP contribution in [0.15, 0.2) is 79.1 Å². The number of benzene rings is 2. The second-order valence-corrected chi connectivity index (χ2v) is 8.11. The highest BCUT2D eigenvalue weighted by Crippen LogP contribution is 2.35. The maximum atomic E-state index is 6.06. The number of pyridine rings is 1. The molecule has 0 fully saturated rings. The molecule has 1 aliphatic carbocycles. The standard InChI is InChI=1S/C26H22N6/c27-20-8-4-7-19(15-20)25-24(23-9-1-2-14-32(23)31-25)22-12-13-28-26(30-22)29-21-11-10-17-5-3-6-18(17)16-21/h1-2,4,7-16H,3,5-6,27H2,(H,28,29,30). The zero-order valence-electron chi connectivity index (χ0n) is 17.5. The maximum Gasteiger partial charge on any atom is 0.227 e. The molecule has 0 atom stereocenters. The molecule has 0 spiro atoms. The summed E-state index contributed by atoms with van der Waals surface area (Å²) in [5.41, 5.74) is 15.2. The first kappa shape index (κ1) is 18.6. The van der Waals surface area contributed by atoms with Crippen molar-refractivity contribution in [2.75, 3.05) is 11.1 Å². The molecule has 156 valence electrons. The van der Waals surface area contributed by atoms with Gasteiger partial charge in [-0.15, -0.1) is 0 Å². The summed E-state index contributed by atoms with van der Waals surface area (Å²) in [6.07, 6.45) is 7.26. The number of anilines is 3. The number of nitrogen functional groups attached to an aromatic ring is 1. The van der Waals surface area contributed by atoms with Crippen LogP contribution in [0.5, 0.6) is 0 Å². The maximum absolute atomic E-state index is 6.06. The Morgan fingerprint density at radius 1 is 0.906 bits per heavy atom. The summed E-state index contributed by atoms with van der Waals surface area (Å²) in [5.74, 6) is 0.564. The van der Waals surface area contributed by atoms with Gasteiger partial charge in [-0.3, -0.25) is 0 Å². The molecule has 1 aliphatic rings. The lowest BCUT2D eigenvalue weighted by Gasteiger charge is -2.09. The normalized spacial score (nSPS) is 12.8. The average Bonchev–Trinajstić information content (AvgIpc) is 3.43. The molecule has 0 unspecified atom stereocenters. The third kappa shape index (κ3) is 3.26. The largest absolute Gasteiger partial charge is 0.399 e. The monoisotopic (exact) mass is 418 g/mol. The summed E-state index contributed by atoms with van der Waals surface area (Å²) < 4.78 is 1.88. The van der Waals surface area contributed by atoms with Gasteiger partial charge in [-0.25, -0.2) is 14.5 Å². The van der Waals surface area contributed by atoms with Crippen LogP contribution in [0.3, 0.4) is 0 Å². The van der Waals surface area contributed by atoms with Gasteiger partial charge in [0.15, 0.2) is 0 Å². The van der Waals surface area contributed by atoms with Gasteiger partial charge in [-0.2, -0.15) is 5.10 Å². The molecule has 0 saturated heterocycles. The van der Waals surface area contributed by atoms with E-state index in [1.165, 1.54) is 24.0 Å². The fourth-order valence-electron chi connectivity index (χ4n) is 4.48. The van der Waals surface area contributed by atoms with E-state index in [2.05, 4.69) is 28.5 Å². The summed E-state index contributed by atoms with van der Waals surface area (Å²) >= 11 is 0. The molecule has 0 saturated carbocycles. The highest BCUT2D eigenvalue weighted by molar-refractivity contribution is 5.91. The Kier molecular flexibility index (Phi) is 4.35. The van der Waals surface area contributed by atoms with Crippen molar-refractivity contribution in [1.82, 2.24) is 19.6 Å². The van der Waals surface area contributed by atoms with Gasteiger partial charge in [0.1, 0.15) is 5.69 Å². The number of aryl methyl sites for hydroxylation is 2. The van der Waals surface area contributed by atoms with Crippen LogP contribution in [0.1, 0.15) is 17.5 Å².